The maximum absolute atomic E-state index is 13.9. The van der Waals surface area contributed by atoms with Crippen LogP contribution in [0.15, 0.2) is 107 Å². The molecule has 0 saturated carbocycles. The molecular weight excluding hydrogens is 1000 g/mol. The monoisotopic (exact) mass is 1060 g/mol. The maximum atomic E-state index is 13.9. The number of benzene rings is 4. The summed E-state index contributed by atoms with van der Waals surface area (Å²) in [4.78, 5) is 53.9. The van der Waals surface area contributed by atoms with Crippen LogP contribution in [0.4, 0.5) is 53.0 Å². The average molecular weight is 1060 g/mol. The van der Waals surface area contributed by atoms with E-state index in [4.69, 9.17) is 37.9 Å². The van der Waals surface area contributed by atoms with Crippen molar-refractivity contribution in [3.8, 4) is 17.2 Å². The number of hydrogen-bond acceptors (Lipinski definition) is 13. The lowest BCUT2D eigenvalue weighted by Gasteiger charge is -2.49. The lowest BCUT2D eigenvalue weighted by Crippen LogP contribution is -2.67. The van der Waals surface area contributed by atoms with Gasteiger partial charge in [0.2, 0.25) is 0 Å². The van der Waals surface area contributed by atoms with Gasteiger partial charge in [0.25, 0.3) is 10.9 Å². The van der Waals surface area contributed by atoms with Crippen LogP contribution in [0.1, 0.15) is 43.0 Å². The lowest BCUT2D eigenvalue weighted by atomic mass is 9.82. The fourth-order valence-electron chi connectivity index (χ4n) is 8.65. The SMILES string of the molecule is CCOc1c(N[C@H]2C(COCc3ccc(OC)cc3)OCC(NC(=O)Nc3cccc(C(F)(F)F)c3)[C@H]2O[C@@H]2OC(COCc3ccc(OC)cc3)[C@@H](C)[C@H](C)C2NC(=O)Nc2cccc(C(F)(F)F)c2)c(=O)c1=O. The van der Waals surface area contributed by atoms with Crippen LogP contribution in [0.5, 0.6) is 17.2 Å². The van der Waals surface area contributed by atoms with Crippen molar-refractivity contribution >= 4 is 29.1 Å². The molecule has 0 aromatic heterocycles. The Labute approximate surface area is 427 Å². The zero-order valence-corrected chi connectivity index (χ0v) is 41.3. The molecule has 404 valence electrons. The molecular formula is C52H57F6N5O12. The molecule has 2 heterocycles. The van der Waals surface area contributed by atoms with E-state index in [1.807, 2.05) is 19.1 Å². The van der Waals surface area contributed by atoms with Crippen LogP contribution in [0.25, 0.3) is 0 Å². The number of anilines is 3. The molecule has 23 heteroatoms. The second-order valence-electron chi connectivity index (χ2n) is 17.9. The number of hydrogen-bond donors (Lipinski definition) is 5. The van der Waals surface area contributed by atoms with E-state index in [2.05, 4.69) is 26.6 Å². The van der Waals surface area contributed by atoms with Gasteiger partial charge in [-0.25, -0.2) is 9.59 Å². The first-order chi connectivity index (χ1) is 35.8. The van der Waals surface area contributed by atoms with Gasteiger partial charge in [-0.2, -0.15) is 26.3 Å². The molecule has 5 aromatic carbocycles. The summed E-state index contributed by atoms with van der Waals surface area (Å²) in [7, 11) is 3.06. The Kier molecular flexibility index (Phi) is 18.3. The Balaban J connectivity index is 1.24. The predicted molar refractivity (Wildman–Crippen MR) is 262 cm³/mol. The van der Waals surface area contributed by atoms with Gasteiger partial charge in [0.05, 0.1) is 89.2 Å². The minimum atomic E-state index is -4.73. The summed E-state index contributed by atoms with van der Waals surface area (Å²) in [5, 5.41) is 13.5. The number of urea groups is 2. The quantitative estimate of drug-likeness (QED) is 0.0370. The Morgan fingerprint density at radius 2 is 1.19 bits per heavy atom. The fraction of sp³-hybridized carbons (Fsp3) is 0.423. The molecule has 0 radical (unpaired) electrons. The van der Waals surface area contributed by atoms with Gasteiger partial charge in [0, 0.05) is 11.4 Å². The first-order valence-corrected chi connectivity index (χ1v) is 23.8. The van der Waals surface area contributed by atoms with Crippen LogP contribution in [-0.2, 0) is 49.3 Å². The van der Waals surface area contributed by atoms with Crippen LogP contribution in [0.2, 0.25) is 0 Å². The summed E-state index contributed by atoms with van der Waals surface area (Å²) in [6.45, 7) is 4.89. The largest absolute Gasteiger partial charge is 0.497 e. The number of carbonyl (C=O) groups is 2. The van der Waals surface area contributed by atoms with E-state index in [1.165, 1.54) is 26.4 Å². The molecule has 0 aliphatic carbocycles. The van der Waals surface area contributed by atoms with Crippen LogP contribution in [-0.4, -0.2) is 95.4 Å². The lowest BCUT2D eigenvalue weighted by molar-refractivity contribution is -0.274. The van der Waals surface area contributed by atoms with Crippen molar-refractivity contribution in [3.63, 3.8) is 0 Å². The Morgan fingerprint density at radius 3 is 1.69 bits per heavy atom. The van der Waals surface area contributed by atoms with Gasteiger partial charge in [-0.1, -0.05) is 50.2 Å². The Bertz CT molecular complexity index is 2780. The molecule has 2 fully saturated rings. The van der Waals surface area contributed by atoms with Gasteiger partial charge < -0.3 is 64.5 Å². The van der Waals surface area contributed by atoms with E-state index in [-0.39, 0.29) is 62.5 Å². The molecule has 9 atom stereocenters. The third kappa shape index (κ3) is 14.3. The second-order valence-corrected chi connectivity index (χ2v) is 17.9. The molecule has 2 aliphatic heterocycles. The zero-order valence-electron chi connectivity index (χ0n) is 41.3. The van der Waals surface area contributed by atoms with E-state index >= 15 is 0 Å². The molecule has 2 saturated heterocycles. The predicted octanol–water partition coefficient (Wildman–Crippen LogP) is 8.11. The van der Waals surface area contributed by atoms with Crippen LogP contribution >= 0.6 is 0 Å². The average Bonchev–Trinajstić information content (AvgIpc) is 3.38. The summed E-state index contributed by atoms with van der Waals surface area (Å²) in [5.41, 5.74) is -2.98. The molecule has 7 rings (SSSR count). The van der Waals surface area contributed by atoms with E-state index in [0.29, 0.717) is 11.5 Å². The van der Waals surface area contributed by atoms with Crippen molar-refractivity contribution in [3.05, 3.63) is 140 Å². The van der Waals surface area contributed by atoms with Crippen molar-refractivity contribution < 1.29 is 73.8 Å². The van der Waals surface area contributed by atoms with Crippen molar-refractivity contribution in [1.29, 1.82) is 0 Å². The van der Waals surface area contributed by atoms with Crippen molar-refractivity contribution in [1.82, 2.24) is 10.6 Å². The summed E-state index contributed by atoms with van der Waals surface area (Å²) in [5.74, 6) is 0.0147. The topological polar surface area (TPSA) is 202 Å². The minimum absolute atomic E-state index is 0.00125. The third-order valence-electron chi connectivity index (χ3n) is 12.9. The summed E-state index contributed by atoms with van der Waals surface area (Å²) in [6, 6.07) is 16.6. The zero-order chi connectivity index (χ0) is 54.0. The van der Waals surface area contributed by atoms with Crippen molar-refractivity contribution in [2.75, 3.05) is 56.6 Å². The van der Waals surface area contributed by atoms with Gasteiger partial charge in [0.15, 0.2) is 12.0 Å². The molecule has 5 aromatic rings. The number of carbonyl (C=O) groups excluding carboxylic acids is 2. The molecule has 4 amide bonds. The van der Waals surface area contributed by atoms with Crippen LogP contribution in [0, 0.1) is 11.8 Å². The molecule has 0 spiro atoms. The van der Waals surface area contributed by atoms with Gasteiger partial charge >= 0.3 is 24.4 Å². The van der Waals surface area contributed by atoms with Crippen molar-refractivity contribution in [2.24, 2.45) is 11.8 Å². The molecule has 0 bridgehead atoms. The molecule has 5 N–H and O–H groups in total. The van der Waals surface area contributed by atoms with Crippen molar-refractivity contribution in [2.45, 2.75) is 89.1 Å². The number of methoxy groups -OCH3 is 2. The molecule has 2 aliphatic rings. The first-order valence-electron chi connectivity index (χ1n) is 23.8. The number of rotatable bonds is 20. The van der Waals surface area contributed by atoms with E-state index in [0.717, 1.165) is 47.5 Å². The van der Waals surface area contributed by atoms with Gasteiger partial charge in [-0.3, -0.25) is 9.59 Å². The highest BCUT2D eigenvalue weighted by Gasteiger charge is 2.50. The Morgan fingerprint density at radius 1 is 0.667 bits per heavy atom. The van der Waals surface area contributed by atoms with E-state index in [9.17, 15) is 45.5 Å². The second kappa shape index (κ2) is 24.6. The molecule has 4 unspecified atom stereocenters. The summed E-state index contributed by atoms with van der Waals surface area (Å²) >= 11 is 0. The number of amides is 4. The fourth-order valence-corrected chi connectivity index (χ4v) is 8.65. The number of nitrogens with one attached hydrogen (secondary N) is 5. The molecule has 17 nitrogen and oxygen atoms in total. The smallest absolute Gasteiger partial charge is 0.416 e. The minimum Gasteiger partial charge on any atom is -0.497 e. The number of alkyl halides is 6. The number of ether oxygens (including phenoxy) is 8. The van der Waals surface area contributed by atoms with Crippen LogP contribution < -0.4 is 51.7 Å². The van der Waals surface area contributed by atoms with Crippen LogP contribution in [0.3, 0.4) is 0 Å². The van der Waals surface area contributed by atoms with E-state index in [1.54, 1.807) is 50.2 Å². The highest BCUT2D eigenvalue weighted by atomic mass is 19.4. The van der Waals surface area contributed by atoms with Gasteiger partial charge in [-0.05, 0) is 90.6 Å². The first kappa shape index (κ1) is 55.8. The summed E-state index contributed by atoms with van der Waals surface area (Å²) in [6.07, 6.45) is -14.1. The number of halogens is 6. The maximum Gasteiger partial charge on any atom is 0.416 e. The summed E-state index contributed by atoms with van der Waals surface area (Å²) < 4.78 is 131. The highest BCUT2D eigenvalue weighted by Crippen LogP contribution is 2.37. The van der Waals surface area contributed by atoms with Gasteiger partial charge in [-0.15, -0.1) is 0 Å². The normalized spacial score (nSPS) is 22.9. The third-order valence-corrected chi connectivity index (χ3v) is 12.9. The van der Waals surface area contributed by atoms with E-state index < -0.39 is 101 Å². The molecule has 75 heavy (non-hydrogen) atoms. The van der Waals surface area contributed by atoms with Gasteiger partial charge in [0.1, 0.15) is 29.4 Å². The Hall–Kier alpha value is -6.92. The highest BCUT2D eigenvalue weighted by molar-refractivity contribution is 5.90. The standard InChI is InChI=1S/C52H57F6N5O12/c1-6-72-47-43(44(64)45(47)65)62-42-40(27-71-24-31-15-19-37(69-5)20-16-31)73-25-38(61-49(66)59-34-11-7-9-32(21-34)51(53,54)55)46(42)75-48-41(63-50(67)60-35-12-8-10-33(22-35)52(56,57)58)29(3)28(2)39(74-48)26-70-23-30-13-17-36(68-4)18-14-30/h7-22,28-29,38-42,46,48,62H,6,23-27H2,1-5H3,(H2,59,61,66)(H2,60,63,67)/t28-,29-,38?,39?,40?,41?,42-,46+,48-/m0/s1.